The van der Waals surface area contributed by atoms with Crippen molar-refractivity contribution in [3.8, 4) is 0 Å². The lowest BCUT2D eigenvalue weighted by atomic mass is 9.95. The Labute approximate surface area is 161 Å². The van der Waals surface area contributed by atoms with Gasteiger partial charge in [-0.05, 0) is 56.5 Å². The summed E-state index contributed by atoms with van der Waals surface area (Å²) in [5.74, 6) is -0.0116. The van der Waals surface area contributed by atoms with E-state index in [-0.39, 0.29) is 17.9 Å². The summed E-state index contributed by atoms with van der Waals surface area (Å²) in [4.78, 5) is 29.1. The van der Waals surface area contributed by atoms with Crippen molar-refractivity contribution < 1.29 is 9.59 Å². The van der Waals surface area contributed by atoms with E-state index in [1.165, 1.54) is 0 Å². The molecule has 1 aliphatic heterocycles. The molecule has 142 valence electrons. The number of rotatable bonds is 5. The largest absolute Gasteiger partial charge is 0.362 e. The maximum atomic E-state index is 12.8. The van der Waals surface area contributed by atoms with Gasteiger partial charge in [0.05, 0.1) is 6.54 Å². The molecule has 0 atom stereocenters. The molecular formula is C22H27N3O2. The molecule has 3 rings (SSSR count). The zero-order valence-corrected chi connectivity index (χ0v) is 16.2. The van der Waals surface area contributed by atoms with Crippen LogP contribution in [0.15, 0.2) is 48.5 Å². The first-order valence-corrected chi connectivity index (χ1v) is 9.46. The lowest BCUT2D eigenvalue weighted by Gasteiger charge is -2.33. The monoisotopic (exact) mass is 365 g/mol. The highest BCUT2D eigenvalue weighted by Crippen LogP contribution is 2.30. The predicted molar refractivity (Wildman–Crippen MR) is 109 cm³/mol. The zero-order chi connectivity index (χ0) is 19.4. The van der Waals surface area contributed by atoms with Crippen molar-refractivity contribution in [2.75, 3.05) is 29.9 Å². The van der Waals surface area contributed by atoms with Gasteiger partial charge >= 0.3 is 0 Å². The van der Waals surface area contributed by atoms with Crippen molar-refractivity contribution in [2.24, 2.45) is 0 Å². The van der Waals surface area contributed by atoms with Gasteiger partial charge in [0.1, 0.15) is 0 Å². The Morgan fingerprint density at radius 1 is 1.11 bits per heavy atom. The van der Waals surface area contributed by atoms with Gasteiger partial charge in [0.2, 0.25) is 5.91 Å². The molecule has 1 heterocycles. The van der Waals surface area contributed by atoms with Crippen LogP contribution in [0.5, 0.6) is 0 Å². The fourth-order valence-corrected chi connectivity index (χ4v) is 3.48. The minimum absolute atomic E-state index is 0.0334. The van der Waals surface area contributed by atoms with Crippen LogP contribution in [0.25, 0.3) is 0 Å². The number of fused-ring (bicyclic) bond motifs is 1. The summed E-state index contributed by atoms with van der Waals surface area (Å²) in [5, 5.41) is 2.97. The first-order chi connectivity index (χ1) is 13.0. The van der Waals surface area contributed by atoms with Gasteiger partial charge in [0.15, 0.2) is 0 Å². The lowest BCUT2D eigenvalue weighted by molar-refractivity contribution is -0.117. The van der Waals surface area contributed by atoms with Crippen LogP contribution >= 0.6 is 0 Å². The zero-order valence-electron chi connectivity index (χ0n) is 16.2. The molecule has 2 aromatic rings. The molecule has 0 spiro atoms. The van der Waals surface area contributed by atoms with Crippen LogP contribution in [0.4, 0.5) is 11.4 Å². The number of amides is 2. The second-order valence-corrected chi connectivity index (χ2v) is 7.24. The van der Waals surface area contributed by atoms with Gasteiger partial charge in [-0.25, -0.2) is 0 Å². The van der Waals surface area contributed by atoms with Gasteiger partial charge < -0.3 is 15.1 Å². The summed E-state index contributed by atoms with van der Waals surface area (Å²) >= 11 is 0. The molecule has 0 fully saturated rings. The van der Waals surface area contributed by atoms with Crippen molar-refractivity contribution in [2.45, 2.75) is 32.7 Å². The smallest absolute Gasteiger partial charge is 0.251 e. The van der Waals surface area contributed by atoms with Crippen molar-refractivity contribution in [1.29, 1.82) is 0 Å². The van der Waals surface area contributed by atoms with Gasteiger partial charge in [-0.15, -0.1) is 0 Å². The standard InChI is InChI=1S/C22H27N3O2/c1-16(2)23-22(27)19-11-7-13-20-18(19)12-8-14-25(20)15-21(26)24(3)17-9-5-4-6-10-17/h4-7,9-11,13,16H,8,12,14-15H2,1-3H3,(H,23,27). The van der Waals surface area contributed by atoms with Crippen LogP contribution < -0.4 is 15.1 Å². The van der Waals surface area contributed by atoms with Gasteiger partial charge in [-0.1, -0.05) is 24.3 Å². The normalized spacial score (nSPS) is 13.3. The van der Waals surface area contributed by atoms with E-state index in [4.69, 9.17) is 0 Å². The van der Waals surface area contributed by atoms with E-state index < -0.39 is 0 Å². The number of nitrogens with zero attached hydrogens (tertiary/aromatic N) is 2. The van der Waals surface area contributed by atoms with Crippen molar-refractivity contribution >= 4 is 23.2 Å². The Balaban J connectivity index is 1.80. The minimum Gasteiger partial charge on any atom is -0.362 e. The summed E-state index contributed by atoms with van der Waals surface area (Å²) in [6.45, 7) is 5.03. The SMILES string of the molecule is CC(C)NC(=O)c1cccc2c1CCCN2CC(=O)N(C)c1ccccc1. The van der Waals surface area contributed by atoms with Gasteiger partial charge in [0, 0.05) is 36.6 Å². The van der Waals surface area contributed by atoms with E-state index in [1.54, 1.807) is 11.9 Å². The highest BCUT2D eigenvalue weighted by Gasteiger charge is 2.25. The Kier molecular flexibility index (Phi) is 5.79. The number of carbonyl (C=O) groups is 2. The van der Waals surface area contributed by atoms with Crippen molar-refractivity contribution in [1.82, 2.24) is 5.32 Å². The molecule has 2 amide bonds. The van der Waals surface area contributed by atoms with Gasteiger partial charge in [-0.3, -0.25) is 9.59 Å². The molecule has 2 aromatic carbocycles. The number of hydrogen-bond donors (Lipinski definition) is 1. The first kappa shape index (κ1) is 19.0. The Hall–Kier alpha value is -2.82. The highest BCUT2D eigenvalue weighted by molar-refractivity contribution is 5.99. The average molecular weight is 365 g/mol. The van der Waals surface area contributed by atoms with E-state index in [0.29, 0.717) is 6.54 Å². The third-order valence-electron chi connectivity index (χ3n) is 4.85. The molecule has 27 heavy (non-hydrogen) atoms. The van der Waals surface area contributed by atoms with E-state index in [2.05, 4.69) is 10.2 Å². The number of anilines is 2. The quantitative estimate of drug-likeness (QED) is 0.885. The summed E-state index contributed by atoms with van der Waals surface area (Å²) in [5.41, 5.74) is 3.63. The van der Waals surface area contributed by atoms with Crippen LogP contribution in [-0.4, -0.2) is 38.0 Å². The topological polar surface area (TPSA) is 52.7 Å². The van der Waals surface area contributed by atoms with Crippen LogP contribution in [0.1, 0.15) is 36.2 Å². The molecule has 0 saturated heterocycles. The lowest BCUT2D eigenvalue weighted by Crippen LogP contribution is -2.41. The molecular weight excluding hydrogens is 338 g/mol. The molecule has 0 unspecified atom stereocenters. The number of carbonyl (C=O) groups excluding carboxylic acids is 2. The number of hydrogen-bond acceptors (Lipinski definition) is 3. The van der Waals surface area contributed by atoms with Crippen LogP contribution in [0.2, 0.25) is 0 Å². The Morgan fingerprint density at radius 3 is 2.56 bits per heavy atom. The van der Waals surface area contributed by atoms with Crippen LogP contribution in [0.3, 0.4) is 0 Å². The summed E-state index contributed by atoms with van der Waals surface area (Å²) < 4.78 is 0. The van der Waals surface area contributed by atoms with Crippen LogP contribution in [0, 0.1) is 0 Å². The second kappa shape index (κ2) is 8.25. The van der Waals surface area contributed by atoms with Crippen molar-refractivity contribution in [3.05, 3.63) is 59.7 Å². The molecule has 0 saturated carbocycles. The van der Waals surface area contributed by atoms with E-state index in [1.807, 2.05) is 62.4 Å². The molecule has 5 heteroatoms. The van der Waals surface area contributed by atoms with E-state index in [0.717, 1.165) is 41.9 Å². The fourth-order valence-electron chi connectivity index (χ4n) is 3.48. The maximum absolute atomic E-state index is 12.8. The fraction of sp³-hybridized carbons (Fsp3) is 0.364. The predicted octanol–water partition coefficient (Wildman–Crippen LogP) is 3.24. The molecule has 0 aromatic heterocycles. The average Bonchev–Trinajstić information content (AvgIpc) is 2.67. The Bertz CT molecular complexity index is 818. The van der Waals surface area contributed by atoms with Crippen molar-refractivity contribution in [3.63, 3.8) is 0 Å². The second-order valence-electron chi connectivity index (χ2n) is 7.24. The van der Waals surface area contributed by atoms with E-state index in [9.17, 15) is 9.59 Å². The molecule has 5 nitrogen and oxygen atoms in total. The molecule has 0 radical (unpaired) electrons. The number of nitrogens with one attached hydrogen (secondary N) is 1. The van der Waals surface area contributed by atoms with Crippen LogP contribution in [-0.2, 0) is 11.2 Å². The Morgan fingerprint density at radius 2 is 1.85 bits per heavy atom. The van der Waals surface area contributed by atoms with E-state index >= 15 is 0 Å². The summed E-state index contributed by atoms with van der Waals surface area (Å²) in [6, 6.07) is 15.5. The van der Waals surface area contributed by atoms with Gasteiger partial charge in [-0.2, -0.15) is 0 Å². The summed E-state index contributed by atoms with van der Waals surface area (Å²) in [6.07, 6.45) is 1.79. The highest BCUT2D eigenvalue weighted by atomic mass is 16.2. The summed E-state index contributed by atoms with van der Waals surface area (Å²) in [7, 11) is 1.80. The maximum Gasteiger partial charge on any atom is 0.251 e. The molecule has 1 N–H and O–H groups in total. The third kappa shape index (κ3) is 4.30. The molecule has 0 aliphatic carbocycles. The first-order valence-electron chi connectivity index (χ1n) is 9.46. The van der Waals surface area contributed by atoms with Gasteiger partial charge in [0.25, 0.3) is 5.91 Å². The molecule has 0 bridgehead atoms. The molecule has 1 aliphatic rings. The number of likely N-dealkylation sites (N-methyl/N-ethyl adjacent to an activating group) is 1. The minimum atomic E-state index is -0.0450. The number of benzene rings is 2. The third-order valence-corrected chi connectivity index (χ3v) is 4.85. The number of para-hydroxylation sites is 1.